The summed E-state index contributed by atoms with van der Waals surface area (Å²) in [5.41, 5.74) is 0.506. The summed E-state index contributed by atoms with van der Waals surface area (Å²) in [6.45, 7) is 2.58. The molecule has 1 fully saturated rings. The zero-order valence-corrected chi connectivity index (χ0v) is 17.1. The lowest BCUT2D eigenvalue weighted by Gasteiger charge is -2.32. The molecule has 1 aliphatic rings. The van der Waals surface area contributed by atoms with E-state index in [2.05, 4.69) is 40.9 Å². The van der Waals surface area contributed by atoms with Crippen molar-refractivity contribution in [1.29, 1.82) is 0 Å². The second-order valence-electron chi connectivity index (χ2n) is 7.27. The number of likely N-dealkylation sites (tertiary alicyclic amines) is 1. The summed E-state index contributed by atoms with van der Waals surface area (Å²) in [5, 5.41) is 2.79. The first-order valence-corrected chi connectivity index (χ1v) is 10.6. The molecular formula is C22H28FN3OS. The van der Waals surface area contributed by atoms with Gasteiger partial charge in [-0.25, -0.2) is 13.5 Å². The minimum Gasteiger partial charge on any atom is -0.325 e. The number of carbonyl (C=O) groups excluding carboxylic acids is 1. The molecule has 0 saturated carbocycles. The summed E-state index contributed by atoms with van der Waals surface area (Å²) < 4.78 is 15.5. The molecule has 0 aliphatic carbocycles. The summed E-state index contributed by atoms with van der Waals surface area (Å²) in [6.07, 6.45) is 4.42. The van der Waals surface area contributed by atoms with Crippen molar-refractivity contribution in [2.75, 3.05) is 32.0 Å². The first-order chi connectivity index (χ1) is 13.6. The van der Waals surface area contributed by atoms with Gasteiger partial charge in [-0.3, -0.25) is 0 Å². The number of nitrogens with one attached hydrogen (secondary N) is 1. The van der Waals surface area contributed by atoms with Crippen LogP contribution in [-0.4, -0.2) is 41.9 Å². The SMILES string of the molecule is CN(CCCC1CCN(C(=O)Nc2cccc(F)c2)CC1)Sc1ccccc1. The van der Waals surface area contributed by atoms with Crippen molar-refractivity contribution < 1.29 is 9.18 Å². The number of hydrogen-bond acceptors (Lipinski definition) is 3. The molecule has 0 unspecified atom stereocenters. The maximum Gasteiger partial charge on any atom is 0.321 e. The summed E-state index contributed by atoms with van der Waals surface area (Å²) in [7, 11) is 2.14. The zero-order valence-electron chi connectivity index (χ0n) is 16.3. The molecule has 0 bridgehead atoms. The molecule has 1 heterocycles. The lowest BCUT2D eigenvalue weighted by molar-refractivity contribution is 0.178. The second-order valence-corrected chi connectivity index (χ2v) is 8.55. The third kappa shape index (κ3) is 6.53. The number of benzene rings is 2. The first-order valence-electron chi connectivity index (χ1n) is 9.86. The Morgan fingerprint density at radius 3 is 2.64 bits per heavy atom. The van der Waals surface area contributed by atoms with E-state index >= 15 is 0 Å². The molecule has 2 amide bonds. The van der Waals surface area contributed by atoms with Crippen LogP contribution in [0.25, 0.3) is 0 Å². The Morgan fingerprint density at radius 1 is 1.18 bits per heavy atom. The highest BCUT2D eigenvalue weighted by Gasteiger charge is 2.22. The third-order valence-corrected chi connectivity index (χ3v) is 6.04. The molecule has 28 heavy (non-hydrogen) atoms. The third-order valence-electron chi connectivity index (χ3n) is 5.07. The predicted molar refractivity (Wildman–Crippen MR) is 114 cm³/mol. The predicted octanol–water partition coefficient (Wildman–Crippen LogP) is 5.49. The summed E-state index contributed by atoms with van der Waals surface area (Å²) >= 11 is 1.78. The van der Waals surface area contributed by atoms with Gasteiger partial charge in [0.15, 0.2) is 0 Å². The smallest absolute Gasteiger partial charge is 0.321 e. The van der Waals surface area contributed by atoms with E-state index in [1.54, 1.807) is 24.1 Å². The number of amides is 2. The van der Waals surface area contributed by atoms with Crippen LogP contribution in [0.3, 0.4) is 0 Å². The van der Waals surface area contributed by atoms with Gasteiger partial charge in [-0.05, 0) is 80.9 Å². The molecule has 0 atom stereocenters. The Balaban J connectivity index is 1.33. The average Bonchev–Trinajstić information content (AvgIpc) is 2.69. The molecule has 2 aromatic carbocycles. The molecule has 3 rings (SSSR count). The van der Waals surface area contributed by atoms with E-state index < -0.39 is 0 Å². The van der Waals surface area contributed by atoms with Gasteiger partial charge in [-0.1, -0.05) is 24.3 Å². The van der Waals surface area contributed by atoms with Gasteiger partial charge in [-0.2, -0.15) is 0 Å². The van der Waals surface area contributed by atoms with Crippen molar-refractivity contribution in [3.05, 3.63) is 60.4 Å². The number of nitrogens with zero attached hydrogens (tertiary/aromatic N) is 2. The van der Waals surface area contributed by atoms with Gasteiger partial charge in [0, 0.05) is 30.2 Å². The average molecular weight is 402 g/mol. The summed E-state index contributed by atoms with van der Waals surface area (Å²) in [6, 6.07) is 16.3. The largest absolute Gasteiger partial charge is 0.325 e. The lowest BCUT2D eigenvalue weighted by Crippen LogP contribution is -2.41. The monoisotopic (exact) mass is 401 g/mol. The van der Waals surface area contributed by atoms with Crippen molar-refractivity contribution in [3.8, 4) is 0 Å². The van der Waals surface area contributed by atoms with Crippen LogP contribution < -0.4 is 5.32 Å². The van der Waals surface area contributed by atoms with Crippen LogP contribution in [0.1, 0.15) is 25.7 Å². The van der Waals surface area contributed by atoms with Crippen molar-refractivity contribution in [1.82, 2.24) is 9.21 Å². The van der Waals surface area contributed by atoms with Gasteiger partial charge in [0.25, 0.3) is 0 Å². The summed E-state index contributed by atoms with van der Waals surface area (Å²) in [4.78, 5) is 15.4. The minimum absolute atomic E-state index is 0.136. The lowest BCUT2D eigenvalue weighted by atomic mass is 9.92. The van der Waals surface area contributed by atoms with E-state index in [9.17, 15) is 9.18 Å². The van der Waals surface area contributed by atoms with Gasteiger partial charge >= 0.3 is 6.03 Å². The fraction of sp³-hybridized carbons (Fsp3) is 0.409. The van der Waals surface area contributed by atoms with Gasteiger partial charge in [0.1, 0.15) is 5.82 Å². The highest BCUT2D eigenvalue weighted by atomic mass is 32.2. The number of urea groups is 1. The van der Waals surface area contributed by atoms with E-state index in [-0.39, 0.29) is 11.8 Å². The Labute approximate surface area is 171 Å². The van der Waals surface area contributed by atoms with E-state index in [1.165, 1.54) is 23.4 Å². The Bertz CT molecular complexity index is 750. The Hall–Kier alpha value is -2.05. The van der Waals surface area contributed by atoms with E-state index in [0.717, 1.165) is 38.9 Å². The maximum atomic E-state index is 13.2. The molecule has 4 nitrogen and oxygen atoms in total. The molecular weight excluding hydrogens is 373 g/mol. The Kier molecular flexibility index (Phi) is 7.74. The van der Waals surface area contributed by atoms with Gasteiger partial charge < -0.3 is 10.2 Å². The normalized spacial score (nSPS) is 15.0. The van der Waals surface area contributed by atoms with Crippen LogP contribution in [0, 0.1) is 11.7 Å². The second kappa shape index (κ2) is 10.5. The summed E-state index contributed by atoms with van der Waals surface area (Å²) in [5.74, 6) is 0.334. The number of halogens is 1. The van der Waals surface area contributed by atoms with Crippen LogP contribution in [0.15, 0.2) is 59.5 Å². The fourth-order valence-electron chi connectivity index (χ4n) is 3.50. The van der Waals surface area contributed by atoms with Gasteiger partial charge in [-0.15, -0.1) is 0 Å². The van der Waals surface area contributed by atoms with E-state index in [0.29, 0.717) is 11.6 Å². The van der Waals surface area contributed by atoms with Crippen LogP contribution in [0.4, 0.5) is 14.9 Å². The van der Waals surface area contributed by atoms with E-state index in [4.69, 9.17) is 0 Å². The molecule has 150 valence electrons. The van der Waals surface area contributed by atoms with E-state index in [1.807, 2.05) is 11.0 Å². The topological polar surface area (TPSA) is 35.6 Å². The highest BCUT2D eigenvalue weighted by molar-refractivity contribution is 7.97. The zero-order chi connectivity index (χ0) is 19.8. The molecule has 0 spiro atoms. The number of anilines is 1. The minimum atomic E-state index is -0.341. The number of rotatable bonds is 7. The molecule has 1 N–H and O–H groups in total. The molecule has 0 radical (unpaired) electrons. The van der Waals surface area contributed by atoms with Crippen LogP contribution in [0.5, 0.6) is 0 Å². The standard InChI is InChI=1S/C22H28FN3OS/c1-25(28-21-10-3-2-4-11-21)14-6-7-18-12-15-26(16-13-18)22(27)24-20-9-5-8-19(23)17-20/h2-5,8-11,17-18H,6-7,12-16H2,1H3,(H,24,27). The maximum absolute atomic E-state index is 13.2. The van der Waals surface area contributed by atoms with Crippen LogP contribution in [0.2, 0.25) is 0 Å². The quantitative estimate of drug-likeness (QED) is 0.623. The van der Waals surface area contributed by atoms with Crippen molar-refractivity contribution in [2.24, 2.45) is 5.92 Å². The first kappa shape index (κ1) is 20.7. The van der Waals surface area contributed by atoms with Crippen molar-refractivity contribution in [3.63, 3.8) is 0 Å². The van der Waals surface area contributed by atoms with Crippen LogP contribution in [-0.2, 0) is 0 Å². The number of carbonyl (C=O) groups is 1. The highest BCUT2D eigenvalue weighted by Crippen LogP contribution is 2.25. The number of piperidine rings is 1. The fourth-order valence-corrected chi connectivity index (χ4v) is 4.36. The number of hydrogen-bond donors (Lipinski definition) is 1. The van der Waals surface area contributed by atoms with Crippen LogP contribution >= 0.6 is 11.9 Å². The molecule has 6 heteroatoms. The van der Waals surface area contributed by atoms with Crippen molar-refractivity contribution in [2.45, 2.75) is 30.6 Å². The molecule has 0 aromatic heterocycles. The van der Waals surface area contributed by atoms with Gasteiger partial charge in [0.05, 0.1) is 0 Å². The Morgan fingerprint density at radius 2 is 1.93 bits per heavy atom. The molecule has 1 saturated heterocycles. The molecule has 1 aliphatic heterocycles. The van der Waals surface area contributed by atoms with Crippen molar-refractivity contribution >= 4 is 23.7 Å². The van der Waals surface area contributed by atoms with Gasteiger partial charge in [0.2, 0.25) is 0 Å². The molecule has 2 aromatic rings.